The van der Waals surface area contributed by atoms with Crippen LogP contribution in [0.5, 0.6) is 0 Å². The van der Waals surface area contributed by atoms with Gasteiger partial charge in [0.2, 0.25) is 0 Å². The van der Waals surface area contributed by atoms with E-state index < -0.39 is 0 Å². The number of ether oxygens (including phenoxy) is 1. The van der Waals surface area contributed by atoms with Gasteiger partial charge in [-0.25, -0.2) is 0 Å². The Morgan fingerprint density at radius 3 is 2.04 bits per heavy atom. The van der Waals surface area contributed by atoms with Gasteiger partial charge in [0.15, 0.2) is 0 Å². The molecule has 0 radical (unpaired) electrons. The first-order valence-electron chi connectivity index (χ1n) is 11.6. The molecule has 2 aliphatic rings. The Balaban J connectivity index is 1.35. The summed E-state index contributed by atoms with van der Waals surface area (Å²) < 4.78 is 5.65. The second-order valence-corrected chi connectivity index (χ2v) is 9.11. The van der Waals surface area contributed by atoms with E-state index in [0.29, 0.717) is 0 Å². The molecule has 0 aliphatic heterocycles. The molecule has 0 saturated heterocycles. The number of allylic oxidation sites excluding steroid dienone is 1. The molecule has 0 bridgehead atoms. The van der Waals surface area contributed by atoms with Gasteiger partial charge in [0.1, 0.15) is 0 Å². The normalized spacial score (nSPS) is 28.8. The summed E-state index contributed by atoms with van der Waals surface area (Å²) in [5.74, 6) is 3.58. The van der Waals surface area contributed by atoms with Gasteiger partial charge >= 0.3 is 0 Å². The van der Waals surface area contributed by atoms with E-state index in [9.17, 15) is 0 Å². The Bertz CT molecular complexity index is 530. The molecule has 0 unspecified atom stereocenters. The molecule has 27 heavy (non-hydrogen) atoms. The number of hydrogen-bond donors (Lipinski definition) is 0. The number of benzene rings is 1. The second-order valence-electron chi connectivity index (χ2n) is 9.11. The smallest absolute Gasteiger partial charge is 0.0716 e. The molecule has 1 aromatic rings. The van der Waals surface area contributed by atoms with Crippen LogP contribution in [0.15, 0.2) is 36.9 Å². The van der Waals surface area contributed by atoms with Crippen molar-refractivity contribution in [1.82, 2.24) is 0 Å². The maximum absolute atomic E-state index is 5.65. The minimum absolute atomic E-state index is 0.759. The monoisotopic (exact) mass is 368 g/mol. The van der Waals surface area contributed by atoms with E-state index in [1.165, 1.54) is 69.8 Å². The summed E-state index contributed by atoms with van der Waals surface area (Å²) in [6.45, 7) is 7.76. The quantitative estimate of drug-likeness (QED) is 0.321. The summed E-state index contributed by atoms with van der Waals surface area (Å²) in [5, 5.41) is 0. The Morgan fingerprint density at radius 2 is 1.48 bits per heavy atom. The first-order chi connectivity index (χ1) is 13.3. The van der Waals surface area contributed by atoms with Crippen LogP contribution in [0.3, 0.4) is 0 Å². The zero-order chi connectivity index (χ0) is 18.9. The lowest BCUT2D eigenvalue weighted by atomic mass is 9.74. The molecular weight excluding hydrogens is 328 g/mol. The second kappa shape index (κ2) is 11.1. The summed E-state index contributed by atoms with van der Waals surface area (Å²) in [7, 11) is 0. The van der Waals surface area contributed by atoms with Crippen LogP contribution in [0.4, 0.5) is 0 Å². The predicted molar refractivity (Wildman–Crippen MR) is 116 cm³/mol. The SMILES string of the molecule is C=CC1CCC(CCC2CCC(c3ccc(COCCC)cc3)CC2)CC1. The van der Waals surface area contributed by atoms with Crippen LogP contribution in [-0.4, -0.2) is 6.61 Å². The van der Waals surface area contributed by atoms with E-state index in [2.05, 4.69) is 43.8 Å². The fraction of sp³-hybridized carbons (Fsp3) is 0.692. The van der Waals surface area contributed by atoms with Crippen molar-refractivity contribution >= 4 is 0 Å². The zero-order valence-corrected chi connectivity index (χ0v) is 17.5. The van der Waals surface area contributed by atoms with Crippen LogP contribution in [0.1, 0.15) is 94.6 Å². The van der Waals surface area contributed by atoms with Crippen LogP contribution in [0.25, 0.3) is 0 Å². The van der Waals surface area contributed by atoms with Crippen molar-refractivity contribution in [3.05, 3.63) is 48.0 Å². The Morgan fingerprint density at radius 1 is 0.889 bits per heavy atom. The maximum Gasteiger partial charge on any atom is 0.0716 e. The lowest BCUT2D eigenvalue weighted by Crippen LogP contribution is -2.17. The zero-order valence-electron chi connectivity index (χ0n) is 17.5. The summed E-state index contributed by atoms with van der Waals surface area (Å²) in [6.07, 6.45) is 17.6. The van der Waals surface area contributed by atoms with E-state index in [4.69, 9.17) is 4.74 Å². The first-order valence-corrected chi connectivity index (χ1v) is 11.6. The molecule has 0 spiro atoms. The molecule has 150 valence electrons. The molecule has 1 nitrogen and oxygen atoms in total. The van der Waals surface area contributed by atoms with Crippen LogP contribution < -0.4 is 0 Å². The summed E-state index contributed by atoms with van der Waals surface area (Å²) in [4.78, 5) is 0. The van der Waals surface area contributed by atoms with Gasteiger partial charge in [0, 0.05) is 6.61 Å². The molecule has 0 heterocycles. The lowest BCUT2D eigenvalue weighted by Gasteiger charge is -2.31. The van der Waals surface area contributed by atoms with Gasteiger partial charge < -0.3 is 4.74 Å². The molecule has 0 atom stereocenters. The molecular formula is C26H40O. The summed E-state index contributed by atoms with van der Waals surface area (Å²) in [6, 6.07) is 9.26. The molecule has 2 aliphatic carbocycles. The summed E-state index contributed by atoms with van der Waals surface area (Å²) >= 11 is 0. The van der Waals surface area contributed by atoms with Gasteiger partial charge in [0.25, 0.3) is 0 Å². The average Bonchev–Trinajstić information content (AvgIpc) is 2.74. The first kappa shape index (κ1) is 20.6. The molecule has 2 saturated carbocycles. The van der Waals surface area contributed by atoms with Crippen molar-refractivity contribution in [3.63, 3.8) is 0 Å². The minimum Gasteiger partial charge on any atom is -0.377 e. The van der Waals surface area contributed by atoms with E-state index in [1.807, 2.05) is 0 Å². The third-order valence-electron chi connectivity index (χ3n) is 7.12. The van der Waals surface area contributed by atoms with Gasteiger partial charge in [-0.3, -0.25) is 0 Å². The van der Waals surface area contributed by atoms with Gasteiger partial charge in [-0.15, -0.1) is 6.58 Å². The van der Waals surface area contributed by atoms with Crippen molar-refractivity contribution < 1.29 is 4.74 Å². The van der Waals surface area contributed by atoms with E-state index in [0.717, 1.165) is 43.3 Å². The van der Waals surface area contributed by atoms with Crippen LogP contribution >= 0.6 is 0 Å². The van der Waals surface area contributed by atoms with E-state index in [-0.39, 0.29) is 0 Å². The van der Waals surface area contributed by atoms with Gasteiger partial charge in [-0.1, -0.05) is 50.1 Å². The standard InChI is InChI=1S/C26H40O/c1-3-19-27-20-24-13-17-26(18-14-24)25-15-11-23(12-16-25)10-9-22-7-5-21(4-2)6-8-22/h4,13-14,17-18,21-23,25H,2-3,5-12,15-16,19-20H2,1H3. The summed E-state index contributed by atoms with van der Waals surface area (Å²) in [5.41, 5.74) is 2.86. The highest BCUT2D eigenvalue weighted by Gasteiger charge is 2.24. The third-order valence-corrected chi connectivity index (χ3v) is 7.12. The van der Waals surface area contributed by atoms with Crippen LogP contribution in [0, 0.1) is 17.8 Å². The van der Waals surface area contributed by atoms with Crippen LogP contribution in [0.2, 0.25) is 0 Å². The highest BCUT2D eigenvalue weighted by atomic mass is 16.5. The Hall–Kier alpha value is -1.08. The Labute approximate surface area is 167 Å². The topological polar surface area (TPSA) is 9.23 Å². The number of rotatable bonds is 9. The van der Waals surface area contributed by atoms with Gasteiger partial charge in [-0.2, -0.15) is 0 Å². The molecule has 1 heteroatoms. The van der Waals surface area contributed by atoms with Crippen molar-refractivity contribution in [2.45, 2.75) is 90.1 Å². The van der Waals surface area contributed by atoms with Gasteiger partial charge in [0.05, 0.1) is 6.61 Å². The molecule has 0 aromatic heterocycles. The molecule has 2 fully saturated rings. The minimum atomic E-state index is 0.759. The van der Waals surface area contributed by atoms with Crippen molar-refractivity contribution in [1.29, 1.82) is 0 Å². The maximum atomic E-state index is 5.65. The van der Waals surface area contributed by atoms with Crippen molar-refractivity contribution in [3.8, 4) is 0 Å². The van der Waals surface area contributed by atoms with Crippen LogP contribution in [-0.2, 0) is 11.3 Å². The van der Waals surface area contributed by atoms with Crippen molar-refractivity contribution in [2.24, 2.45) is 17.8 Å². The van der Waals surface area contributed by atoms with Crippen molar-refractivity contribution in [2.75, 3.05) is 6.61 Å². The predicted octanol–water partition coefficient (Wildman–Crippen LogP) is 7.66. The lowest BCUT2D eigenvalue weighted by molar-refractivity contribution is 0.121. The van der Waals surface area contributed by atoms with E-state index >= 15 is 0 Å². The number of hydrogen-bond acceptors (Lipinski definition) is 1. The third kappa shape index (κ3) is 6.49. The fourth-order valence-corrected chi connectivity index (χ4v) is 5.19. The highest BCUT2D eigenvalue weighted by molar-refractivity contribution is 5.25. The molecule has 3 rings (SSSR count). The Kier molecular flexibility index (Phi) is 8.45. The van der Waals surface area contributed by atoms with E-state index in [1.54, 1.807) is 5.56 Å². The molecule has 0 amide bonds. The molecule has 0 N–H and O–H groups in total. The van der Waals surface area contributed by atoms with Gasteiger partial charge in [-0.05, 0) is 92.6 Å². The largest absolute Gasteiger partial charge is 0.377 e. The molecule has 1 aromatic carbocycles. The fourth-order valence-electron chi connectivity index (χ4n) is 5.19. The highest BCUT2D eigenvalue weighted by Crippen LogP contribution is 2.39. The average molecular weight is 369 g/mol.